The highest BCUT2D eigenvalue weighted by atomic mass is 35.5. The number of halogens is 1. The maximum Gasteiger partial charge on any atom is 0.268 e. The Morgan fingerprint density at radius 3 is 2.44 bits per heavy atom. The number of H-pyrrole nitrogens is 2. The molecule has 7 heteroatoms. The van der Waals surface area contributed by atoms with Crippen LogP contribution in [0, 0.1) is 0 Å². The molecule has 2 heterocycles. The van der Waals surface area contributed by atoms with Crippen LogP contribution < -0.4 is 10.6 Å². The van der Waals surface area contributed by atoms with E-state index in [0.717, 1.165) is 32.9 Å². The summed E-state index contributed by atoms with van der Waals surface area (Å²) >= 11 is 5.96. The number of carbonyl (C=O) groups excluding carboxylic acids is 2. The van der Waals surface area contributed by atoms with Crippen molar-refractivity contribution in [2.24, 2.45) is 0 Å². The van der Waals surface area contributed by atoms with Gasteiger partial charge in [0.25, 0.3) is 5.91 Å². The largest absolute Gasteiger partial charge is 0.361 e. The van der Waals surface area contributed by atoms with E-state index in [1.54, 1.807) is 18.2 Å². The van der Waals surface area contributed by atoms with Crippen molar-refractivity contribution >= 4 is 45.2 Å². The van der Waals surface area contributed by atoms with Crippen molar-refractivity contribution in [3.63, 3.8) is 0 Å². The predicted octanol–water partition coefficient (Wildman–Crippen LogP) is 4.96. The van der Waals surface area contributed by atoms with Crippen molar-refractivity contribution in [1.82, 2.24) is 20.6 Å². The molecule has 2 amide bonds. The van der Waals surface area contributed by atoms with Crippen LogP contribution in [0.5, 0.6) is 0 Å². The molecule has 0 aliphatic carbocycles. The Morgan fingerprint density at radius 2 is 1.65 bits per heavy atom. The van der Waals surface area contributed by atoms with Gasteiger partial charge in [-0.1, -0.05) is 60.1 Å². The Labute approximate surface area is 201 Å². The van der Waals surface area contributed by atoms with E-state index in [2.05, 4.69) is 20.6 Å². The average molecular weight is 471 g/mol. The summed E-state index contributed by atoms with van der Waals surface area (Å²) < 4.78 is 0. The van der Waals surface area contributed by atoms with Gasteiger partial charge in [0.1, 0.15) is 11.7 Å². The number of hydrogen-bond acceptors (Lipinski definition) is 2. The number of fused-ring (bicyclic) bond motifs is 2. The van der Waals surface area contributed by atoms with Crippen LogP contribution in [0.1, 0.15) is 21.6 Å². The van der Waals surface area contributed by atoms with Crippen LogP contribution in [0.15, 0.2) is 85.1 Å². The third kappa shape index (κ3) is 4.67. The zero-order chi connectivity index (χ0) is 23.5. The van der Waals surface area contributed by atoms with Gasteiger partial charge in [0.15, 0.2) is 0 Å². The topological polar surface area (TPSA) is 89.8 Å². The first-order valence-electron chi connectivity index (χ1n) is 11.0. The van der Waals surface area contributed by atoms with Crippen LogP contribution in [0.2, 0.25) is 5.02 Å². The van der Waals surface area contributed by atoms with Crippen molar-refractivity contribution in [3.8, 4) is 0 Å². The highest BCUT2D eigenvalue weighted by Gasteiger charge is 2.24. The summed E-state index contributed by atoms with van der Waals surface area (Å²) in [7, 11) is 0. The summed E-state index contributed by atoms with van der Waals surface area (Å²) in [6.07, 6.45) is 2.24. The number of carbonyl (C=O) groups is 2. The molecule has 1 unspecified atom stereocenters. The zero-order valence-electron chi connectivity index (χ0n) is 18.3. The van der Waals surface area contributed by atoms with Gasteiger partial charge in [0.05, 0.1) is 0 Å². The number of hydrogen-bond donors (Lipinski definition) is 4. The van der Waals surface area contributed by atoms with Gasteiger partial charge in [0.2, 0.25) is 5.91 Å². The van der Waals surface area contributed by atoms with E-state index in [9.17, 15) is 9.59 Å². The van der Waals surface area contributed by atoms with E-state index in [0.29, 0.717) is 23.7 Å². The molecule has 0 spiro atoms. The number of aromatic amines is 2. The van der Waals surface area contributed by atoms with E-state index in [-0.39, 0.29) is 11.8 Å². The van der Waals surface area contributed by atoms with Crippen molar-refractivity contribution in [1.29, 1.82) is 0 Å². The lowest BCUT2D eigenvalue weighted by atomic mass is 10.0. The van der Waals surface area contributed by atoms with Crippen LogP contribution in [0.25, 0.3) is 21.8 Å². The number of aromatic nitrogens is 2. The Hall–Kier alpha value is -4.03. The van der Waals surface area contributed by atoms with Gasteiger partial charge in [0, 0.05) is 46.0 Å². The molecule has 5 rings (SSSR count). The quantitative estimate of drug-likeness (QED) is 0.271. The Morgan fingerprint density at radius 1 is 0.912 bits per heavy atom. The van der Waals surface area contributed by atoms with Gasteiger partial charge < -0.3 is 20.6 Å². The molecule has 4 N–H and O–H groups in total. The molecule has 0 saturated carbocycles. The summed E-state index contributed by atoms with van der Waals surface area (Å²) in [5, 5.41) is 8.47. The SMILES string of the molecule is O=C(NC(Cc1c[nH]c2ccccc12)C(=O)NCc1ccc(Cl)cc1)c1cc2ccccc2[nH]1. The molecule has 0 saturated heterocycles. The fourth-order valence-corrected chi connectivity index (χ4v) is 4.20. The molecule has 170 valence electrons. The van der Waals surface area contributed by atoms with Crippen LogP contribution in [0.4, 0.5) is 0 Å². The molecular formula is C27H23ClN4O2. The summed E-state index contributed by atoms with van der Waals surface area (Å²) in [5.74, 6) is -0.590. The Bertz CT molecular complexity index is 1440. The molecule has 0 aliphatic heterocycles. The highest BCUT2D eigenvalue weighted by Crippen LogP contribution is 2.20. The van der Waals surface area contributed by atoms with E-state index < -0.39 is 6.04 Å². The minimum absolute atomic E-state index is 0.260. The van der Waals surface area contributed by atoms with Gasteiger partial charge in [-0.2, -0.15) is 0 Å². The van der Waals surface area contributed by atoms with Gasteiger partial charge in [-0.25, -0.2) is 0 Å². The number of nitrogens with one attached hydrogen (secondary N) is 4. The van der Waals surface area contributed by atoms with Crippen LogP contribution in [-0.4, -0.2) is 27.8 Å². The molecule has 34 heavy (non-hydrogen) atoms. The minimum Gasteiger partial charge on any atom is -0.361 e. The number of para-hydroxylation sites is 2. The summed E-state index contributed by atoms with van der Waals surface area (Å²) in [6.45, 7) is 0.336. The smallest absolute Gasteiger partial charge is 0.268 e. The van der Waals surface area contributed by atoms with Gasteiger partial charge >= 0.3 is 0 Å². The molecular weight excluding hydrogens is 448 g/mol. The number of benzene rings is 3. The molecule has 2 aromatic heterocycles. The maximum absolute atomic E-state index is 13.2. The van der Waals surface area contributed by atoms with Crippen LogP contribution in [0.3, 0.4) is 0 Å². The Balaban J connectivity index is 1.37. The normalized spacial score (nSPS) is 12.0. The van der Waals surface area contributed by atoms with Gasteiger partial charge in [-0.3, -0.25) is 9.59 Å². The average Bonchev–Trinajstić information content (AvgIpc) is 3.47. The molecule has 3 aromatic carbocycles. The highest BCUT2D eigenvalue weighted by molar-refractivity contribution is 6.30. The second kappa shape index (κ2) is 9.45. The monoisotopic (exact) mass is 470 g/mol. The lowest BCUT2D eigenvalue weighted by Gasteiger charge is -2.18. The zero-order valence-corrected chi connectivity index (χ0v) is 19.0. The van der Waals surface area contributed by atoms with E-state index in [4.69, 9.17) is 11.6 Å². The van der Waals surface area contributed by atoms with Gasteiger partial charge in [-0.05, 0) is 41.5 Å². The molecule has 0 radical (unpaired) electrons. The van der Waals surface area contributed by atoms with Crippen molar-refractivity contribution in [2.75, 3.05) is 0 Å². The van der Waals surface area contributed by atoms with Crippen molar-refractivity contribution in [3.05, 3.63) is 107 Å². The standard InChI is InChI=1S/C27H23ClN4O2/c28-20-11-9-17(10-12-20)15-30-26(33)24(14-19-16-29-23-8-4-2-6-21(19)23)32-27(34)25-13-18-5-1-3-7-22(18)31-25/h1-13,16,24,29,31H,14-15H2,(H,30,33)(H,32,34). The lowest BCUT2D eigenvalue weighted by Crippen LogP contribution is -2.47. The first kappa shape index (κ1) is 21.8. The fourth-order valence-electron chi connectivity index (χ4n) is 4.08. The fraction of sp³-hybridized carbons (Fsp3) is 0.111. The Kier molecular flexibility index (Phi) is 6.06. The molecule has 6 nitrogen and oxygen atoms in total. The van der Waals surface area contributed by atoms with E-state index in [1.165, 1.54) is 0 Å². The van der Waals surface area contributed by atoms with Crippen LogP contribution >= 0.6 is 11.6 Å². The molecule has 0 aliphatic rings. The predicted molar refractivity (Wildman–Crippen MR) is 135 cm³/mol. The van der Waals surface area contributed by atoms with Crippen molar-refractivity contribution < 1.29 is 9.59 Å². The van der Waals surface area contributed by atoms with Crippen molar-refractivity contribution in [2.45, 2.75) is 19.0 Å². The second-order valence-corrected chi connectivity index (χ2v) is 8.64. The lowest BCUT2D eigenvalue weighted by molar-refractivity contribution is -0.123. The summed E-state index contributed by atoms with van der Waals surface area (Å²) in [5.41, 5.74) is 4.15. The molecule has 1 atom stereocenters. The third-order valence-electron chi connectivity index (χ3n) is 5.88. The first-order chi connectivity index (χ1) is 16.6. The summed E-state index contributed by atoms with van der Waals surface area (Å²) in [4.78, 5) is 32.7. The van der Waals surface area contributed by atoms with Gasteiger partial charge in [-0.15, -0.1) is 0 Å². The molecule has 0 fully saturated rings. The number of rotatable bonds is 7. The molecule has 5 aromatic rings. The maximum atomic E-state index is 13.2. The third-order valence-corrected chi connectivity index (χ3v) is 6.13. The number of amides is 2. The minimum atomic E-state index is -0.759. The summed E-state index contributed by atoms with van der Waals surface area (Å²) in [6, 6.07) is 23.9. The second-order valence-electron chi connectivity index (χ2n) is 8.20. The van der Waals surface area contributed by atoms with E-state index >= 15 is 0 Å². The van der Waals surface area contributed by atoms with E-state index in [1.807, 2.05) is 66.9 Å². The first-order valence-corrected chi connectivity index (χ1v) is 11.4. The molecule has 0 bridgehead atoms. The van der Waals surface area contributed by atoms with Crippen LogP contribution in [-0.2, 0) is 17.8 Å².